The quantitative estimate of drug-likeness (QED) is 0.429. The van der Waals surface area contributed by atoms with Gasteiger partial charge in [0, 0.05) is 5.69 Å². The number of benzene rings is 1. The maximum Gasteiger partial charge on any atom is 0.393 e. The molecule has 0 aliphatic heterocycles. The highest BCUT2D eigenvalue weighted by Gasteiger charge is 2.89. The first-order chi connectivity index (χ1) is 13.8. The van der Waals surface area contributed by atoms with E-state index in [2.05, 4.69) is 4.74 Å². The second kappa shape index (κ2) is 8.11. The molecule has 0 atom stereocenters. The van der Waals surface area contributed by atoms with Crippen LogP contribution in [0.1, 0.15) is 10.4 Å². The number of halogens is 12. The lowest BCUT2D eigenvalue weighted by Gasteiger charge is -2.38. The van der Waals surface area contributed by atoms with E-state index in [1.54, 1.807) is 0 Å². The van der Waals surface area contributed by atoms with E-state index >= 15 is 0 Å². The lowest BCUT2D eigenvalue weighted by atomic mass is 9.94. The highest BCUT2D eigenvalue weighted by Crippen LogP contribution is 2.58. The van der Waals surface area contributed by atoms with Crippen molar-refractivity contribution in [1.29, 1.82) is 0 Å². The van der Waals surface area contributed by atoms with Crippen LogP contribution in [-0.4, -0.2) is 55.0 Å². The third kappa shape index (κ3) is 4.11. The van der Waals surface area contributed by atoms with Gasteiger partial charge in [0.15, 0.2) is 0 Å². The zero-order valence-electron chi connectivity index (χ0n) is 14.6. The summed E-state index contributed by atoms with van der Waals surface area (Å²) in [5, 5.41) is 0.923. The molecule has 0 saturated carbocycles. The third-order valence-corrected chi connectivity index (χ3v) is 3.72. The zero-order valence-corrected chi connectivity index (χ0v) is 14.6. The molecule has 0 fully saturated rings. The van der Waals surface area contributed by atoms with E-state index in [9.17, 15) is 62.3 Å². The third-order valence-electron chi connectivity index (χ3n) is 3.72. The molecule has 1 aromatic carbocycles. The summed E-state index contributed by atoms with van der Waals surface area (Å²) in [6, 6.07) is 2.78. The molecule has 16 heteroatoms. The normalized spacial score (nSPS) is 13.9. The molecule has 1 rings (SSSR count). The minimum absolute atomic E-state index is 0.252. The number of methoxy groups -OCH3 is 1. The molecule has 0 aliphatic carbocycles. The van der Waals surface area contributed by atoms with Crippen molar-refractivity contribution in [2.45, 2.75) is 36.0 Å². The van der Waals surface area contributed by atoms with Gasteiger partial charge in [-0.05, 0) is 24.3 Å². The summed E-state index contributed by atoms with van der Waals surface area (Å²) >= 11 is 0. The number of alkyl halides is 12. The smallest absolute Gasteiger partial charge is 0.393 e. The average Bonchev–Trinajstić information content (AvgIpc) is 2.66. The van der Waals surface area contributed by atoms with E-state index in [0.29, 0.717) is 12.1 Å². The van der Waals surface area contributed by atoms with Crippen molar-refractivity contribution >= 4 is 17.6 Å². The fourth-order valence-corrected chi connectivity index (χ4v) is 1.90. The monoisotopic (exact) mass is 479 g/mol. The Morgan fingerprint density at radius 3 is 1.65 bits per heavy atom. The zero-order chi connectivity index (χ0) is 24.6. The molecule has 1 amide bonds. The molecular formula is C15H9F12NO3. The van der Waals surface area contributed by atoms with Gasteiger partial charge in [0.05, 0.1) is 12.7 Å². The number of rotatable bonds is 8. The van der Waals surface area contributed by atoms with Gasteiger partial charge in [-0.1, -0.05) is 0 Å². The SMILES string of the molecule is COC(=O)c1ccc(NC(=O)C(F)(F)C(F)(F)C(F)(F)C(F)(F)C(F)(F)C(F)F)cc1. The summed E-state index contributed by atoms with van der Waals surface area (Å²) in [4.78, 5) is 22.5. The Balaban J connectivity index is 3.27. The van der Waals surface area contributed by atoms with Gasteiger partial charge < -0.3 is 10.1 Å². The van der Waals surface area contributed by atoms with Crippen LogP contribution < -0.4 is 5.32 Å². The van der Waals surface area contributed by atoms with Crippen LogP contribution in [0.5, 0.6) is 0 Å². The second-order valence-electron chi connectivity index (χ2n) is 5.74. The molecule has 0 aliphatic rings. The number of hydrogen-bond acceptors (Lipinski definition) is 3. The van der Waals surface area contributed by atoms with E-state index in [4.69, 9.17) is 0 Å². The van der Waals surface area contributed by atoms with E-state index in [1.165, 1.54) is 0 Å². The van der Waals surface area contributed by atoms with Gasteiger partial charge in [-0.2, -0.15) is 43.9 Å². The number of ether oxygens (including phenoxy) is 1. The van der Waals surface area contributed by atoms with Gasteiger partial charge in [0.25, 0.3) is 0 Å². The fraction of sp³-hybridized carbons (Fsp3) is 0.467. The number of esters is 1. The standard InChI is InChI=1S/C15H9F12NO3/c1-31-8(29)6-2-4-7(5-3-6)28-10(30)12(20,21)14(24,25)15(26,27)13(22,23)11(18,19)9(16)17/h2-5,9H,1H3,(H,28,30). The number of anilines is 1. The molecule has 0 heterocycles. The van der Waals surface area contributed by atoms with Crippen LogP contribution in [0.2, 0.25) is 0 Å². The highest BCUT2D eigenvalue weighted by molar-refractivity contribution is 5.97. The Morgan fingerprint density at radius 2 is 1.26 bits per heavy atom. The number of carbonyl (C=O) groups excluding carboxylic acids is 2. The Labute approximate surface area is 164 Å². The van der Waals surface area contributed by atoms with Gasteiger partial charge in [-0.25, -0.2) is 13.6 Å². The molecule has 0 spiro atoms. The van der Waals surface area contributed by atoms with Crippen molar-refractivity contribution in [3.63, 3.8) is 0 Å². The Hall–Kier alpha value is -2.68. The lowest BCUT2D eigenvalue weighted by molar-refractivity contribution is -0.406. The van der Waals surface area contributed by atoms with Crippen LogP contribution in [0.3, 0.4) is 0 Å². The maximum atomic E-state index is 13.7. The Bertz CT molecular complexity index is 823. The molecule has 31 heavy (non-hydrogen) atoms. The van der Waals surface area contributed by atoms with Crippen LogP contribution in [0.25, 0.3) is 0 Å². The number of nitrogens with one attached hydrogen (secondary N) is 1. The largest absolute Gasteiger partial charge is 0.465 e. The first kappa shape index (κ1) is 26.4. The summed E-state index contributed by atoms with van der Waals surface area (Å²) in [6.07, 6.45) is -5.64. The van der Waals surface area contributed by atoms with Gasteiger partial charge in [0.1, 0.15) is 0 Å². The van der Waals surface area contributed by atoms with E-state index in [-0.39, 0.29) is 5.56 Å². The van der Waals surface area contributed by atoms with Crippen LogP contribution >= 0.6 is 0 Å². The molecule has 1 N–H and O–H groups in total. The minimum Gasteiger partial charge on any atom is -0.465 e. The predicted octanol–water partition coefficient (Wildman–Crippen LogP) is 4.85. The number of hydrogen-bond donors (Lipinski definition) is 1. The van der Waals surface area contributed by atoms with Gasteiger partial charge in [-0.15, -0.1) is 0 Å². The van der Waals surface area contributed by atoms with Crippen molar-refractivity contribution in [3.05, 3.63) is 29.8 Å². The molecule has 4 nitrogen and oxygen atoms in total. The summed E-state index contributed by atoms with van der Waals surface area (Å²) in [6.45, 7) is 0. The van der Waals surface area contributed by atoms with Crippen LogP contribution in [-0.2, 0) is 9.53 Å². The van der Waals surface area contributed by atoms with Gasteiger partial charge >= 0.3 is 47.9 Å². The first-order valence-electron chi connectivity index (χ1n) is 7.46. The predicted molar refractivity (Wildman–Crippen MR) is 77.2 cm³/mol. The average molecular weight is 479 g/mol. The van der Waals surface area contributed by atoms with Crippen molar-refractivity contribution < 1.29 is 67.0 Å². The van der Waals surface area contributed by atoms with Crippen LogP contribution in [0.15, 0.2) is 24.3 Å². The van der Waals surface area contributed by atoms with Crippen molar-refractivity contribution in [1.82, 2.24) is 0 Å². The molecule has 0 bridgehead atoms. The molecule has 0 unspecified atom stereocenters. The molecular weight excluding hydrogens is 470 g/mol. The second-order valence-corrected chi connectivity index (χ2v) is 5.74. The van der Waals surface area contributed by atoms with E-state index < -0.39 is 53.6 Å². The highest BCUT2D eigenvalue weighted by atomic mass is 19.4. The summed E-state index contributed by atoms with van der Waals surface area (Å²) in [7, 11) is 0.939. The van der Waals surface area contributed by atoms with Crippen molar-refractivity contribution in [3.8, 4) is 0 Å². The molecule has 0 saturated heterocycles. The number of amides is 1. The summed E-state index contributed by atoms with van der Waals surface area (Å²) < 4.78 is 161. The summed E-state index contributed by atoms with van der Waals surface area (Å²) in [5.74, 6) is -41.3. The van der Waals surface area contributed by atoms with Gasteiger partial charge in [0.2, 0.25) is 0 Å². The van der Waals surface area contributed by atoms with Gasteiger partial charge in [-0.3, -0.25) is 4.79 Å². The molecule has 176 valence electrons. The fourth-order valence-electron chi connectivity index (χ4n) is 1.90. The van der Waals surface area contributed by atoms with E-state index in [0.717, 1.165) is 24.6 Å². The lowest BCUT2D eigenvalue weighted by Crippen LogP contribution is -2.70. The van der Waals surface area contributed by atoms with Crippen molar-refractivity contribution in [2.24, 2.45) is 0 Å². The molecule has 0 aromatic heterocycles. The Morgan fingerprint density at radius 1 is 0.806 bits per heavy atom. The van der Waals surface area contributed by atoms with Crippen molar-refractivity contribution in [2.75, 3.05) is 12.4 Å². The van der Waals surface area contributed by atoms with Crippen LogP contribution in [0.4, 0.5) is 58.4 Å². The molecule has 1 aromatic rings. The summed E-state index contributed by atoms with van der Waals surface area (Å²) in [5.41, 5.74) is -1.10. The topological polar surface area (TPSA) is 55.4 Å². The molecule has 0 radical (unpaired) electrons. The van der Waals surface area contributed by atoms with Crippen LogP contribution in [0, 0.1) is 0 Å². The van der Waals surface area contributed by atoms with E-state index in [1.807, 2.05) is 0 Å². The minimum atomic E-state index is -7.81. The maximum absolute atomic E-state index is 13.7. The first-order valence-corrected chi connectivity index (χ1v) is 7.46. The number of carbonyl (C=O) groups is 2. The Kier molecular flexibility index (Phi) is 6.89.